The van der Waals surface area contributed by atoms with E-state index in [0.29, 0.717) is 16.2 Å². The minimum atomic E-state index is -0.297. The van der Waals surface area contributed by atoms with Crippen molar-refractivity contribution in [3.05, 3.63) is 29.3 Å². The summed E-state index contributed by atoms with van der Waals surface area (Å²) in [6, 6.07) is 7.41. The minimum absolute atomic E-state index is 0.0829. The highest BCUT2D eigenvalue weighted by atomic mass is 35.5. The van der Waals surface area contributed by atoms with Gasteiger partial charge in [0.05, 0.1) is 11.3 Å². The van der Waals surface area contributed by atoms with Crippen LogP contribution >= 0.6 is 23.4 Å². The van der Waals surface area contributed by atoms with Crippen LogP contribution in [0.2, 0.25) is 5.02 Å². The van der Waals surface area contributed by atoms with Gasteiger partial charge in [0.25, 0.3) is 0 Å². The number of hydrogen-bond acceptors (Lipinski definition) is 5. The molecule has 0 radical (unpaired) electrons. The van der Waals surface area contributed by atoms with Gasteiger partial charge in [-0.3, -0.25) is 4.79 Å². The zero-order valence-corrected chi connectivity index (χ0v) is 15.1. The molecule has 1 amide bonds. The number of carbonyl (C=O) groups excluding carboxylic acids is 1. The lowest BCUT2D eigenvalue weighted by Crippen LogP contribution is -2.23. The fourth-order valence-electron chi connectivity index (χ4n) is 2.81. The van der Waals surface area contributed by atoms with Crippen LogP contribution in [-0.2, 0) is 4.79 Å². The van der Waals surface area contributed by atoms with Crippen LogP contribution in [0.5, 0.6) is 0 Å². The molecule has 2 aromatic rings. The van der Waals surface area contributed by atoms with Crippen molar-refractivity contribution in [2.24, 2.45) is 0 Å². The van der Waals surface area contributed by atoms with Crippen LogP contribution in [0.15, 0.2) is 29.4 Å². The monoisotopic (exact) mass is 365 g/mol. The van der Waals surface area contributed by atoms with Crippen molar-refractivity contribution in [3.8, 4) is 0 Å². The van der Waals surface area contributed by atoms with Gasteiger partial charge in [0.15, 0.2) is 0 Å². The van der Waals surface area contributed by atoms with E-state index in [1.807, 2.05) is 11.6 Å². The lowest BCUT2D eigenvalue weighted by molar-refractivity contribution is -0.115. The fraction of sp³-hybridized carbons (Fsp3) is 0.500. The predicted octanol–water partition coefficient (Wildman–Crippen LogP) is 3.95. The second-order valence-corrected chi connectivity index (χ2v) is 7.70. The number of tetrazole rings is 1. The Bertz CT molecular complexity index is 684. The van der Waals surface area contributed by atoms with Crippen molar-refractivity contribution in [2.45, 2.75) is 55.5 Å². The first-order valence-electron chi connectivity index (χ1n) is 8.14. The molecular weight excluding hydrogens is 346 g/mol. The number of anilines is 1. The largest absolute Gasteiger partial charge is 0.325 e. The molecule has 3 rings (SSSR count). The Balaban J connectivity index is 1.62. The SMILES string of the molecule is CC(Sc1nnnn1C1CCCCC1)C(=O)Nc1ccc(Cl)cc1. The van der Waals surface area contributed by atoms with Crippen LogP contribution < -0.4 is 5.32 Å². The number of halogens is 1. The molecule has 1 atom stereocenters. The second-order valence-electron chi connectivity index (χ2n) is 5.95. The molecule has 6 nitrogen and oxygen atoms in total. The third-order valence-electron chi connectivity index (χ3n) is 4.15. The van der Waals surface area contributed by atoms with Crippen molar-refractivity contribution >= 4 is 35.0 Å². The number of amides is 1. The van der Waals surface area contributed by atoms with Gasteiger partial charge in [-0.05, 0) is 54.5 Å². The van der Waals surface area contributed by atoms with Gasteiger partial charge in [0.1, 0.15) is 0 Å². The normalized spacial score (nSPS) is 16.8. The highest BCUT2D eigenvalue weighted by Crippen LogP contribution is 2.31. The first-order chi connectivity index (χ1) is 11.6. The van der Waals surface area contributed by atoms with Crippen LogP contribution in [0.1, 0.15) is 45.1 Å². The van der Waals surface area contributed by atoms with E-state index < -0.39 is 0 Å². The van der Waals surface area contributed by atoms with Crippen LogP contribution in [0.4, 0.5) is 5.69 Å². The molecule has 1 unspecified atom stereocenters. The molecule has 8 heteroatoms. The maximum Gasteiger partial charge on any atom is 0.237 e. The van der Waals surface area contributed by atoms with Crippen molar-refractivity contribution in [2.75, 3.05) is 5.32 Å². The summed E-state index contributed by atoms with van der Waals surface area (Å²) in [7, 11) is 0. The Kier molecular flexibility index (Phi) is 5.73. The molecule has 1 aromatic carbocycles. The Morgan fingerprint density at radius 3 is 2.71 bits per heavy atom. The molecule has 128 valence electrons. The first-order valence-corrected chi connectivity index (χ1v) is 9.40. The zero-order chi connectivity index (χ0) is 16.9. The summed E-state index contributed by atoms with van der Waals surface area (Å²) in [6.45, 7) is 1.86. The van der Waals surface area contributed by atoms with Crippen molar-refractivity contribution in [1.82, 2.24) is 20.2 Å². The topological polar surface area (TPSA) is 72.7 Å². The molecule has 1 aromatic heterocycles. The molecule has 1 heterocycles. The van der Waals surface area contributed by atoms with Crippen LogP contribution in [0.25, 0.3) is 0 Å². The Morgan fingerprint density at radius 1 is 1.29 bits per heavy atom. The maximum absolute atomic E-state index is 12.4. The van der Waals surface area contributed by atoms with Gasteiger partial charge >= 0.3 is 0 Å². The molecule has 0 spiro atoms. The van der Waals surface area contributed by atoms with Crippen LogP contribution in [0.3, 0.4) is 0 Å². The van der Waals surface area contributed by atoms with E-state index in [1.165, 1.54) is 31.0 Å². The van der Waals surface area contributed by atoms with Gasteiger partial charge in [0.2, 0.25) is 11.1 Å². The summed E-state index contributed by atoms with van der Waals surface area (Å²) in [6.07, 6.45) is 5.90. The number of rotatable bonds is 5. The summed E-state index contributed by atoms with van der Waals surface area (Å²) < 4.78 is 1.88. The minimum Gasteiger partial charge on any atom is -0.325 e. The molecule has 0 saturated heterocycles. The highest BCUT2D eigenvalue weighted by Gasteiger charge is 2.23. The second kappa shape index (κ2) is 7.98. The number of hydrogen-bond donors (Lipinski definition) is 1. The molecule has 24 heavy (non-hydrogen) atoms. The standard InChI is InChI=1S/C16H20ClN5OS/c1-11(15(23)18-13-9-7-12(17)8-10-13)24-16-19-20-21-22(16)14-5-3-2-4-6-14/h7-11,14H,2-6H2,1H3,(H,18,23). The number of carbonyl (C=O) groups is 1. The number of benzene rings is 1. The quantitative estimate of drug-likeness (QED) is 0.812. The average Bonchev–Trinajstić information content (AvgIpc) is 3.05. The highest BCUT2D eigenvalue weighted by molar-refractivity contribution is 8.00. The van der Waals surface area contributed by atoms with Crippen molar-refractivity contribution in [3.63, 3.8) is 0 Å². The lowest BCUT2D eigenvalue weighted by Gasteiger charge is -2.22. The van der Waals surface area contributed by atoms with E-state index in [4.69, 9.17) is 11.6 Å². The zero-order valence-electron chi connectivity index (χ0n) is 13.5. The van der Waals surface area contributed by atoms with Gasteiger partial charge in [-0.15, -0.1) is 5.10 Å². The van der Waals surface area contributed by atoms with E-state index in [9.17, 15) is 4.79 Å². The summed E-state index contributed by atoms with van der Waals surface area (Å²) in [5.41, 5.74) is 0.726. The molecule has 1 aliphatic carbocycles. The smallest absolute Gasteiger partial charge is 0.237 e. The molecule has 1 fully saturated rings. The van der Waals surface area contributed by atoms with Crippen LogP contribution in [0, 0.1) is 0 Å². The Hall–Kier alpha value is -1.60. The molecular formula is C16H20ClN5OS. The number of aromatic nitrogens is 4. The summed E-state index contributed by atoms with van der Waals surface area (Å²) >= 11 is 7.24. The number of thioether (sulfide) groups is 1. The Morgan fingerprint density at radius 2 is 2.00 bits per heavy atom. The molecule has 0 bridgehead atoms. The van der Waals surface area contributed by atoms with E-state index in [-0.39, 0.29) is 11.2 Å². The maximum atomic E-state index is 12.4. The van der Waals surface area contributed by atoms with E-state index in [0.717, 1.165) is 18.5 Å². The van der Waals surface area contributed by atoms with E-state index in [2.05, 4.69) is 20.8 Å². The van der Waals surface area contributed by atoms with Crippen molar-refractivity contribution in [1.29, 1.82) is 0 Å². The molecule has 1 N–H and O–H groups in total. The number of nitrogens with one attached hydrogen (secondary N) is 1. The predicted molar refractivity (Wildman–Crippen MR) is 95.3 cm³/mol. The average molecular weight is 366 g/mol. The molecule has 0 aliphatic heterocycles. The summed E-state index contributed by atoms with van der Waals surface area (Å²) in [4.78, 5) is 12.4. The first kappa shape index (κ1) is 17.2. The number of nitrogens with zero attached hydrogens (tertiary/aromatic N) is 4. The van der Waals surface area contributed by atoms with Gasteiger partial charge in [0, 0.05) is 10.7 Å². The summed E-state index contributed by atoms with van der Waals surface area (Å²) in [5.74, 6) is -0.0829. The van der Waals surface area contributed by atoms with Gasteiger partial charge in [-0.25, -0.2) is 4.68 Å². The van der Waals surface area contributed by atoms with Crippen molar-refractivity contribution < 1.29 is 4.79 Å². The third-order valence-corrected chi connectivity index (χ3v) is 5.45. The van der Waals surface area contributed by atoms with Gasteiger partial charge < -0.3 is 5.32 Å². The lowest BCUT2D eigenvalue weighted by atomic mass is 9.96. The molecule has 1 aliphatic rings. The summed E-state index contributed by atoms with van der Waals surface area (Å²) in [5, 5.41) is 16.0. The van der Waals surface area contributed by atoms with Gasteiger partial charge in [-0.1, -0.05) is 42.6 Å². The van der Waals surface area contributed by atoms with E-state index >= 15 is 0 Å². The molecule has 1 saturated carbocycles. The Labute approximate surface area is 150 Å². The fourth-order valence-corrected chi connectivity index (χ4v) is 3.79. The van der Waals surface area contributed by atoms with Gasteiger partial charge in [-0.2, -0.15) is 0 Å². The van der Waals surface area contributed by atoms with E-state index in [1.54, 1.807) is 24.3 Å². The third kappa shape index (κ3) is 4.27. The van der Waals surface area contributed by atoms with Crippen LogP contribution in [-0.4, -0.2) is 31.4 Å².